The molecule has 0 heterocycles. The molecule has 0 saturated heterocycles. The maximum absolute atomic E-state index is 9.59. The molecule has 0 aromatic rings. The Bertz CT molecular complexity index is 114. The molecule has 3 heteroatoms. The van der Waals surface area contributed by atoms with Gasteiger partial charge in [-0.1, -0.05) is 20.8 Å². The molecule has 0 saturated carbocycles. The lowest BCUT2D eigenvalue weighted by atomic mass is 9.82. The lowest BCUT2D eigenvalue weighted by molar-refractivity contribution is -0.0358. The second kappa shape index (κ2) is 3.52. The van der Waals surface area contributed by atoms with Gasteiger partial charge in [0.25, 0.3) is 0 Å². The zero-order valence-corrected chi connectivity index (χ0v) is 7.59. The Kier molecular flexibility index (Phi) is 3.48. The van der Waals surface area contributed by atoms with Crippen LogP contribution in [0.3, 0.4) is 0 Å². The Labute approximate surface area is 68.2 Å². The zero-order valence-electron chi connectivity index (χ0n) is 7.59. The van der Waals surface area contributed by atoms with Crippen molar-refractivity contribution in [1.29, 1.82) is 0 Å². The highest BCUT2D eigenvalue weighted by atomic mass is 16.3. The van der Waals surface area contributed by atoms with E-state index in [0.717, 1.165) is 0 Å². The molecule has 4 N–H and O–H groups in total. The Balaban J connectivity index is 4.08. The number of hydrogen-bond donors (Lipinski definition) is 3. The molecule has 0 aliphatic heterocycles. The normalized spacial score (nSPS) is 18.0. The van der Waals surface area contributed by atoms with Crippen LogP contribution in [0.25, 0.3) is 0 Å². The van der Waals surface area contributed by atoms with Gasteiger partial charge in [0.2, 0.25) is 0 Å². The van der Waals surface area contributed by atoms with E-state index >= 15 is 0 Å². The van der Waals surface area contributed by atoms with Crippen LogP contribution >= 0.6 is 0 Å². The predicted molar refractivity (Wildman–Crippen MR) is 45.2 cm³/mol. The zero-order chi connectivity index (χ0) is 9.12. The van der Waals surface area contributed by atoms with Gasteiger partial charge in [0.1, 0.15) is 5.60 Å². The number of rotatable bonds is 3. The molecular weight excluding hydrogens is 142 g/mol. The van der Waals surface area contributed by atoms with Crippen molar-refractivity contribution < 1.29 is 10.2 Å². The van der Waals surface area contributed by atoms with Crippen LogP contribution in [0, 0.1) is 5.41 Å². The van der Waals surface area contributed by atoms with Crippen molar-refractivity contribution in [3.8, 4) is 0 Å². The van der Waals surface area contributed by atoms with Crippen LogP contribution < -0.4 is 5.73 Å². The van der Waals surface area contributed by atoms with Gasteiger partial charge in [0.15, 0.2) is 0 Å². The number of aliphatic hydroxyl groups excluding tert-OH is 1. The van der Waals surface area contributed by atoms with Crippen molar-refractivity contribution >= 4 is 0 Å². The Morgan fingerprint density at radius 2 is 1.73 bits per heavy atom. The highest BCUT2D eigenvalue weighted by Crippen LogP contribution is 2.26. The highest BCUT2D eigenvalue weighted by Gasteiger charge is 2.29. The third kappa shape index (κ3) is 4.35. The second-order valence-electron chi connectivity index (χ2n) is 4.32. The van der Waals surface area contributed by atoms with Gasteiger partial charge in [0.05, 0.1) is 6.61 Å². The van der Waals surface area contributed by atoms with Gasteiger partial charge in [-0.05, 0) is 11.8 Å². The molecule has 0 spiro atoms. The number of hydrogen-bond acceptors (Lipinski definition) is 3. The summed E-state index contributed by atoms with van der Waals surface area (Å²) in [6.45, 7) is 5.86. The molecule has 0 aromatic heterocycles. The van der Waals surface area contributed by atoms with E-state index in [1.807, 2.05) is 20.8 Å². The molecule has 0 fully saturated rings. The molecule has 0 amide bonds. The molecule has 68 valence electrons. The Morgan fingerprint density at radius 1 is 1.27 bits per heavy atom. The molecule has 1 unspecified atom stereocenters. The molecular formula is C8H19NO2. The maximum atomic E-state index is 9.59. The Morgan fingerprint density at radius 3 is 1.82 bits per heavy atom. The summed E-state index contributed by atoms with van der Waals surface area (Å²) in [6, 6.07) is 0. The first-order chi connectivity index (χ1) is 4.83. The third-order valence-corrected chi connectivity index (χ3v) is 1.53. The van der Waals surface area contributed by atoms with E-state index in [0.29, 0.717) is 6.42 Å². The summed E-state index contributed by atoms with van der Waals surface area (Å²) in [7, 11) is 0. The topological polar surface area (TPSA) is 66.5 Å². The van der Waals surface area contributed by atoms with E-state index < -0.39 is 5.60 Å². The lowest BCUT2D eigenvalue weighted by Crippen LogP contribution is -2.44. The summed E-state index contributed by atoms with van der Waals surface area (Å²) in [6.07, 6.45) is 0.521. The van der Waals surface area contributed by atoms with Gasteiger partial charge in [-0.15, -0.1) is 0 Å². The largest absolute Gasteiger partial charge is 0.393 e. The van der Waals surface area contributed by atoms with Gasteiger partial charge in [0, 0.05) is 6.54 Å². The first kappa shape index (κ1) is 10.9. The molecule has 1 atom stereocenters. The van der Waals surface area contributed by atoms with Gasteiger partial charge in [-0.2, -0.15) is 0 Å². The average Bonchev–Trinajstić information content (AvgIpc) is 1.84. The third-order valence-electron chi connectivity index (χ3n) is 1.53. The molecule has 11 heavy (non-hydrogen) atoms. The van der Waals surface area contributed by atoms with E-state index in [1.54, 1.807) is 0 Å². The van der Waals surface area contributed by atoms with E-state index in [1.165, 1.54) is 0 Å². The van der Waals surface area contributed by atoms with Crippen molar-refractivity contribution in [1.82, 2.24) is 0 Å². The molecule has 0 aliphatic carbocycles. The van der Waals surface area contributed by atoms with Crippen LogP contribution in [-0.2, 0) is 0 Å². The van der Waals surface area contributed by atoms with Crippen molar-refractivity contribution in [3.63, 3.8) is 0 Å². The highest BCUT2D eigenvalue weighted by molar-refractivity contribution is 4.83. The minimum atomic E-state index is -1.10. The summed E-state index contributed by atoms with van der Waals surface area (Å²) >= 11 is 0. The van der Waals surface area contributed by atoms with Gasteiger partial charge in [-0.25, -0.2) is 0 Å². The van der Waals surface area contributed by atoms with Crippen molar-refractivity contribution in [2.45, 2.75) is 32.8 Å². The number of nitrogens with two attached hydrogens (primary N) is 1. The van der Waals surface area contributed by atoms with Crippen LogP contribution in [0.1, 0.15) is 27.2 Å². The smallest absolute Gasteiger partial charge is 0.100 e. The molecule has 3 nitrogen and oxygen atoms in total. The van der Waals surface area contributed by atoms with E-state index in [-0.39, 0.29) is 18.6 Å². The van der Waals surface area contributed by atoms with E-state index in [2.05, 4.69) is 0 Å². The fourth-order valence-corrected chi connectivity index (χ4v) is 1.18. The molecule has 0 bridgehead atoms. The van der Waals surface area contributed by atoms with Crippen molar-refractivity contribution in [3.05, 3.63) is 0 Å². The minimum absolute atomic E-state index is 0.00313. The second-order valence-corrected chi connectivity index (χ2v) is 4.32. The van der Waals surface area contributed by atoms with E-state index in [4.69, 9.17) is 10.8 Å². The number of aliphatic hydroxyl groups is 2. The molecule has 0 aromatic carbocycles. The summed E-state index contributed by atoms with van der Waals surface area (Å²) in [5.41, 5.74) is 4.21. The average molecular weight is 161 g/mol. The van der Waals surface area contributed by atoms with Gasteiger partial charge in [-0.3, -0.25) is 0 Å². The lowest BCUT2D eigenvalue weighted by Gasteiger charge is -2.31. The van der Waals surface area contributed by atoms with Gasteiger partial charge < -0.3 is 15.9 Å². The van der Waals surface area contributed by atoms with Crippen LogP contribution in [0.2, 0.25) is 0 Å². The fraction of sp³-hybridized carbons (Fsp3) is 1.00. The summed E-state index contributed by atoms with van der Waals surface area (Å²) in [4.78, 5) is 0. The van der Waals surface area contributed by atoms with Crippen LogP contribution in [0.15, 0.2) is 0 Å². The van der Waals surface area contributed by atoms with Crippen LogP contribution in [0.4, 0.5) is 0 Å². The van der Waals surface area contributed by atoms with Crippen molar-refractivity contribution in [2.24, 2.45) is 11.1 Å². The SMILES string of the molecule is CC(C)(C)CC(O)(CN)CO. The molecule has 0 radical (unpaired) electrons. The molecule has 0 rings (SSSR count). The van der Waals surface area contributed by atoms with E-state index in [9.17, 15) is 5.11 Å². The molecule has 0 aliphatic rings. The monoisotopic (exact) mass is 161 g/mol. The standard InChI is InChI=1S/C8H19NO2/c1-7(2,3)4-8(11,5-9)6-10/h10-11H,4-6,9H2,1-3H3. The Hall–Kier alpha value is -0.120. The summed E-state index contributed by atoms with van der Waals surface area (Å²) in [5, 5.41) is 18.4. The maximum Gasteiger partial charge on any atom is 0.100 e. The quantitative estimate of drug-likeness (QED) is 0.550. The summed E-state index contributed by atoms with van der Waals surface area (Å²) in [5.74, 6) is 0. The van der Waals surface area contributed by atoms with Crippen LogP contribution in [0.5, 0.6) is 0 Å². The summed E-state index contributed by atoms with van der Waals surface area (Å²) < 4.78 is 0. The first-order valence-electron chi connectivity index (χ1n) is 3.86. The van der Waals surface area contributed by atoms with Gasteiger partial charge >= 0.3 is 0 Å². The minimum Gasteiger partial charge on any atom is -0.393 e. The predicted octanol–water partition coefficient (Wildman–Crippen LogP) is 0.105. The fourth-order valence-electron chi connectivity index (χ4n) is 1.18. The first-order valence-corrected chi connectivity index (χ1v) is 3.86. The van der Waals surface area contributed by atoms with Crippen molar-refractivity contribution in [2.75, 3.05) is 13.2 Å². The van der Waals surface area contributed by atoms with Crippen LogP contribution in [-0.4, -0.2) is 29.0 Å².